The molecule has 2 rings (SSSR count). The third-order valence-corrected chi connectivity index (χ3v) is 6.67. The zero-order valence-corrected chi connectivity index (χ0v) is 16.9. The highest BCUT2D eigenvalue weighted by molar-refractivity contribution is 7.89. The molecule has 0 aromatic heterocycles. The smallest absolute Gasteiger partial charge is 0.338 e. The number of carbonyl (C=O) groups is 2. The number of benzene rings is 1. The summed E-state index contributed by atoms with van der Waals surface area (Å²) in [5.41, 5.74) is 0.204. The van der Waals surface area contributed by atoms with Gasteiger partial charge in [-0.05, 0) is 57.4 Å². The van der Waals surface area contributed by atoms with Crippen molar-refractivity contribution in [3.8, 4) is 0 Å². The monoisotopic (exact) mass is 396 g/mol. The van der Waals surface area contributed by atoms with Gasteiger partial charge in [-0.15, -0.1) is 0 Å². The van der Waals surface area contributed by atoms with Crippen LogP contribution in [0.1, 0.15) is 56.8 Å². The lowest BCUT2D eigenvalue weighted by atomic mass is 10.1. The van der Waals surface area contributed by atoms with Gasteiger partial charge in [0.05, 0.1) is 10.5 Å². The molecule has 0 radical (unpaired) electrons. The van der Waals surface area contributed by atoms with E-state index in [0.29, 0.717) is 13.1 Å². The SMILES string of the molecule is CCCNC(=O)C(C)OC(=O)c1ccc(S(=O)(=O)N2CCCCC2C)cc1. The standard InChI is InChI=1S/C19H28N2O5S/c1-4-12-20-18(22)15(3)26-19(23)16-8-10-17(11-9-16)27(24,25)21-13-6-5-7-14(21)2/h8-11,14-15H,4-7,12-13H2,1-3H3,(H,20,22). The number of hydrogen-bond acceptors (Lipinski definition) is 5. The van der Waals surface area contributed by atoms with Gasteiger partial charge in [-0.2, -0.15) is 4.31 Å². The number of nitrogens with zero attached hydrogens (tertiary/aromatic N) is 1. The number of amides is 1. The number of carbonyl (C=O) groups excluding carboxylic acids is 2. The zero-order valence-electron chi connectivity index (χ0n) is 16.1. The van der Waals surface area contributed by atoms with E-state index in [4.69, 9.17) is 4.74 Å². The second kappa shape index (κ2) is 9.32. The number of nitrogens with one attached hydrogen (secondary N) is 1. The van der Waals surface area contributed by atoms with Gasteiger partial charge < -0.3 is 10.1 Å². The summed E-state index contributed by atoms with van der Waals surface area (Å²) in [6.45, 7) is 6.37. The lowest BCUT2D eigenvalue weighted by Gasteiger charge is -2.32. The number of piperidine rings is 1. The first-order valence-electron chi connectivity index (χ1n) is 9.38. The Morgan fingerprint density at radius 2 is 1.93 bits per heavy atom. The van der Waals surface area contributed by atoms with Gasteiger partial charge in [0.15, 0.2) is 6.10 Å². The minimum absolute atomic E-state index is 0.0316. The third-order valence-electron chi connectivity index (χ3n) is 4.64. The second-order valence-electron chi connectivity index (χ2n) is 6.82. The predicted octanol–water partition coefficient (Wildman–Crippen LogP) is 2.32. The Balaban J connectivity index is 2.05. The second-order valence-corrected chi connectivity index (χ2v) is 8.71. The lowest BCUT2D eigenvalue weighted by Crippen LogP contribution is -2.41. The molecular weight excluding hydrogens is 368 g/mol. The van der Waals surface area contributed by atoms with Crippen LogP contribution in [0.4, 0.5) is 0 Å². The van der Waals surface area contributed by atoms with Crippen molar-refractivity contribution in [3.63, 3.8) is 0 Å². The highest BCUT2D eigenvalue weighted by atomic mass is 32.2. The molecule has 0 spiro atoms. The molecule has 2 unspecified atom stereocenters. The fraction of sp³-hybridized carbons (Fsp3) is 0.579. The van der Waals surface area contributed by atoms with Crippen LogP contribution in [0.15, 0.2) is 29.2 Å². The molecule has 1 amide bonds. The van der Waals surface area contributed by atoms with Crippen LogP contribution in [0.2, 0.25) is 0 Å². The van der Waals surface area contributed by atoms with E-state index in [1.54, 1.807) is 0 Å². The van der Waals surface area contributed by atoms with Gasteiger partial charge in [-0.3, -0.25) is 4.79 Å². The number of esters is 1. The molecule has 1 heterocycles. The summed E-state index contributed by atoms with van der Waals surface area (Å²) in [5.74, 6) is -1.02. The van der Waals surface area contributed by atoms with Crippen molar-refractivity contribution in [2.24, 2.45) is 0 Å². The Morgan fingerprint density at radius 3 is 2.52 bits per heavy atom. The highest BCUT2D eigenvalue weighted by Gasteiger charge is 2.31. The van der Waals surface area contributed by atoms with Crippen molar-refractivity contribution < 1.29 is 22.7 Å². The Hall–Kier alpha value is -1.93. The fourth-order valence-corrected chi connectivity index (χ4v) is 4.70. The maximum Gasteiger partial charge on any atom is 0.338 e. The minimum Gasteiger partial charge on any atom is -0.449 e. The maximum atomic E-state index is 12.8. The van der Waals surface area contributed by atoms with Crippen LogP contribution in [0.5, 0.6) is 0 Å². The molecule has 7 nitrogen and oxygen atoms in total. The molecule has 1 aliphatic rings. The topological polar surface area (TPSA) is 92.8 Å². The van der Waals surface area contributed by atoms with Crippen LogP contribution >= 0.6 is 0 Å². The van der Waals surface area contributed by atoms with Crippen LogP contribution in [-0.4, -0.2) is 49.8 Å². The van der Waals surface area contributed by atoms with Crippen molar-refractivity contribution in [2.75, 3.05) is 13.1 Å². The number of sulfonamides is 1. The van der Waals surface area contributed by atoms with Gasteiger partial charge in [0, 0.05) is 19.1 Å². The van der Waals surface area contributed by atoms with Crippen LogP contribution in [0.25, 0.3) is 0 Å². The molecule has 0 saturated carbocycles. The molecule has 27 heavy (non-hydrogen) atoms. The molecule has 0 bridgehead atoms. The van der Waals surface area contributed by atoms with Gasteiger partial charge >= 0.3 is 5.97 Å². The van der Waals surface area contributed by atoms with Gasteiger partial charge in [-0.1, -0.05) is 13.3 Å². The summed E-state index contributed by atoms with van der Waals surface area (Å²) in [5, 5.41) is 2.66. The summed E-state index contributed by atoms with van der Waals surface area (Å²) >= 11 is 0. The normalized spacial score (nSPS) is 19.3. The molecule has 1 aliphatic heterocycles. The summed E-state index contributed by atoms with van der Waals surface area (Å²) in [7, 11) is -3.58. The van der Waals surface area contributed by atoms with Crippen LogP contribution in [-0.2, 0) is 19.6 Å². The van der Waals surface area contributed by atoms with Crippen molar-refractivity contribution in [1.29, 1.82) is 0 Å². The molecule has 1 aromatic carbocycles. The van der Waals surface area contributed by atoms with E-state index in [1.807, 2.05) is 13.8 Å². The van der Waals surface area contributed by atoms with Crippen LogP contribution < -0.4 is 5.32 Å². The Bertz CT molecular complexity index is 761. The Kier molecular flexibility index (Phi) is 7.38. The molecule has 1 saturated heterocycles. The van der Waals surface area contributed by atoms with Crippen LogP contribution in [0, 0.1) is 0 Å². The van der Waals surface area contributed by atoms with Crippen molar-refractivity contribution in [2.45, 2.75) is 63.5 Å². The summed E-state index contributed by atoms with van der Waals surface area (Å²) < 4.78 is 32.3. The highest BCUT2D eigenvalue weighted by Crippen LogP contribution is 2.25. The fourth-order valence-electron chi connectivity index (χ4n) is 3.00. The van der Waals surface area contributed by atoms with E-state index >= 15 is 0 Å². The van der Waals surface area contributed by atoms with E-state index in [9.17, 15) is 18.0 Å². The predicted molar refractivity (Wildman–Crippen MR) is 102 cm³/mol. The molecule has 150 valence electrons. The third kappa shape index (κ3) is 5.29. The first-order valence-corrected chi connectivity index (χ1v) is 10.8. The summed E-state index contributed by atoms with van der Waals surface area (Å²) in [6, 6.07) is 5.63. The quantitative estimate of drug-likeness (QED) is 0.714. The molecule has 1 aromatic rings. The first-order chi connectivity index (χ1) is 12.8. The van der Waals surface area contributed by atoms with Crippen molar-refractivity contribution in [1.82, 2.24) is 9.62 Å². The minimum atomic E-state index is -3.58. The van der Waals surface area contributed by atoms with E-state index in [1.165, 1.54) is 35.5 Å². The Labute approximate surface area is 161 Å². The molecule has 1 N–H and O–H groups in total. The van der Waals surface area contributed by atoms with E-state index < -0.39 is 22.1 Å². The molecule has 8 heteroatoms. The molecular formula is C19H28N2O5S. The van der Waals surface area contributed by atoms with E-state index in [0.717, 1.165) is 25.7 Å². The lowest BCUT2D eigenvalue weighted by molar-refractivity contribution is -0.129. The van der Waals surface area contributed by atoms with Gasteiger partial charge in [-0.25, -0.2) is 13.2 Å². The van der Waals surface area contributed by atoms with Gasteiger partial charge in [0.25, 0.3) is 5.91 Å². The average Bonchev–Trinajstić information content (AvgIpc) is 2.66. The average molecular weight is 397 g/mol. The maximum absolute atomic E-state index is 12.8. The molecule has 1 fully saturated rings. The van der Waals surface area contributed by atoms with Gasteiger partial charge in [0.2, 0.25) is 10.0 Å². The Morgan fingerprint density at radius 1 is 1.26 bits per heavy atom. The first kappa shape index (κ1) is 21.4. The van der Waals surface area contributed by atoms with E-state index in [-0.39, 0.29) is 22.4 Å². The van der Waals surface area contributed by atoms with Crippen LogP contribution in [0.3, 0.4) is 0 Å². The molecule has 2 atom stereocenters. The van der Waals surface area contributed by atoms with Crippen molar-refractivity contribution >= 4 is 21.9 Å². The summed E-state index contributed by atoms with van der Waals surface area (Å²) in [6.07, 6.45) is 2.61. The molecule has 0 aliphatic carbocycles. The van der Waals surface area contributed by atoms with Gasteiger partial charge in [0.1, 0.15) is 0 Å². The number of ether oxygens (including phenoxy) is 1. The zero-order chi connectivity index (χ0) is 20.0. The van der Waals surface area contributed by atoms with E-state index in [2.05, 4.69) is 5.32 Å². The summed E-state index contributed by atoms with van der Waals surface area (Å²) in [4.78, 5) is 24.1. The van der Waals surface area contributed by atoms with Crippen molar-refractivity contribution in [3.05, 3.63) is 29.8 Å². The largest absolute Gasteiger partial charge is 0.449 e. The number of hydrogen-bond donors (Lipinski definition) is 1. The number of rotatable bonds is 7.